The van der Waals surface area contributed by atoms with Gasteiger partial charge in [-0.15, -0.1) is 0 Å². The van der Waals surface area contributed by atoms with Gasteiger partial charge in [-0.1, -0.05) is 71.1 Å². The lowest BCUT2D eigenvalue weighted by molar-refractivity contribution is -0.143. The maximum atomic E-state index is 11.8. The molecule has 8 heteroatoms. The lowest BCUT2D eigenvalue weighted by Crippen LogP contribution is -2.37. The Morgan fingerprint density at radius 1 is 0.744 bits per heavy atom. The van der Waals surface area contributed by atoms with Crippen molar-refractivity contribution in [3.8, 4) is 0 Å². The third kappa shape index (κ3) is 16.5. The zero-order chi connectivity index (χ0) is 28.6. The van der Waals surface area contributed by atoms with Crippen LogP contribution in [0.4, 0.5) is 11.4 Å². The summed E-state index contributed by atoms with van der Waals surface area (Å²) < 4.78 is 5.37. The number of carbonyl (C=O) groups excluding carboxylic acids is 2. The maximum absolute atomic E-state index is 11.8. The highest BCUT2D eigenvalue weighted by atomic mass is 16.5. The first-order chi connectivity index (χ1) is 19.0. The molecule has 0 aliphatic heterocycles. The van der Waals surface area contributed by atoms with Crippen LogP contribution in [0.3, 0.4) is 0 Å². The highest BCUT2D eigenvalue weighted by molar-refractivity contribution is 5.73. The zero-order valence-corrected chi connectivity index (χ0v) is 24.8. The number of carbonyl (C=O) groups is 2. The molecule has 39 heavy (non-hydrogen) atoms. The molecule has 0 atom stereocenters. The van der Waals surface area contributed by atoms with Crippen molar-refractivity contribution in [2.45, 2.75) is 122 Å². The van der Waals surface area contributed by atoms with E-state index >= 15 is 0 Å². The quantitative estimate of drug-likeness (QED) is 0.0583. The molecule has 2 N–H and O–H groups in total. The topological polar surface area (TPSA) is 105 Å². The Labute approximate surface area is 236 Å². The molecular formula is C31H55N3O5. The van der Waals surface area contributed by atoms with E-state index in [1.165, 1.54) is 38.5 Å². The molecule has 0 bridgehead atoms. The summed E-state index contributed by atoms with van der Waals surface area (Å²) in [5, 5.41) is 5.93. The second kappa shape index (κ2) is 23.6. The Balaban J connectivity index is 2.20. The van der Waals surface area contributed by atoms with Gasteiger partial charge in [0.25, 0.3) is 10.9 Å². The van der Waals surface area contributed by atoms with Crippen LogP contribution >= 0.6 is 0 Å². The molecule has 1 aromatic carbocycles. The Morgan fingerprint density at radius 3 is 1.97 bits per heavy atom. The van der Waals surface area contributed by atoms with Gasteiger partial charge in [-0.3, -0.25) is 14.4 Å². The summed E-state index contributed by atoms with van der Waals surface area (Å²) in [6.45, 7) is 6.47. The molecule has 1 rings (SSSR count). The number of esters is 1. The molecule has 1 aromatic rings. The normalized spacial score (nSPS) is 11.3. The fourth-order valence-corrected chi connectivity index (χ4v) is 4.84. The summed E-state index contributed by atoms with van der Waals surface area (Å²) in [4.78, 5) is 48.1. The molecular weight excluding hydrogens is 494 g/mol. The van der Waals surface area contributed by atoms with Gasteiger partial charge < -0.3 is 25.1 Å². The first kappa shape index (κ1) is 34.8. The van der Waals surface area contributed by atoms with E-state index in [4.69, 9.17) is 4.74 Å². The van der Waals surface area contributed by atoms with Gasteiger partial charge in [0, 0.05) is 26.4 Å². The summed E-state index contributed by atoms with van der Waals surface area (Å²) >= 11 is 0. The van der Waals surface area contributed by atoms with E-state index in [1.54, 1.807) is 7.05 Å². The minimum atomic E-state index is -0.439. The van der Waals surface area contributed by atoms with Crippen molar-refractivity contribution in [2.24, 2.45) is 0 Å². The maximum Gasteiger partial charge on any atom is 0.305 e. The van der Waals surface area contributed by atoms with Crippen LogP contribution in [0, 0.1) is 0 Å². The summed E-state index contributed by atoms with van der Waals surface area (Å²) in [6.07, 6.45) is 20.0. The van der Waals surface area contributed by atoms with Crippen molar-refractivity contribution in [1.29, 1.82) is 0 Å². The van der Waals surface area contributed by atoms with Gasteiger partial charge in [-0.25, -0.2) is 0 Å². The lowest BCUT2D eigenvalue weighted by Gasteiger charge is -2.23. The largest absolute Gasteiger partial charge is 0.466 e. The number of anilines is 2. The summed E-state index contributed by atoms with van der Waals surface area (Å²) in [5.74, 6) is -0.0490. The van der Waals surface area contributed by atoms with Crippen LogP contribution in [0.15, 0.2) is 9.59 Å². The number of hydrogen-bond donors (Lipinski definition) is 2. The number of nitrogens with one attached hydrogen (secondary N) is 2. The Morgan fingerprint density at radius 2 is 1.31 bits per heavy atom. The van der Waals surface area contributed by atoms with E-state index in [9.17, 15) is 19.2 Å². The third-order valence-corrected chi connectivity index (χ3v) is 7.28. The van der Waals surface area contributed by atoms with Crippen molar-refractivity contribution in [2.75, 3.05) is 50.5 Å². The average Bonchev–Trinajstić information content (AvgIpc) is 2.94. The molecule has 0 fully saturated rings. The smallest absolute Gasteiger partial charge is 0.305 e. The van der Waals surface area contributed by atoms with Crippen LogP contribution in [-0.4, -0.2) is 57.0 Å². The van der Waals surface area contributed by atoms with Gasteiger partial charge in [0.15, 0.2) is 0 Å². The SMILES string of the molecule is CCCCCCCC(=O)OCCCCCCCN(CCCCCCCC=O)CCCNc1c(NC)c(=O)c1=O. The van der Waals surface area contributed by atoms with Crippen molar-refractivity contribution < 1.29 is 14.3 Å². The first-order valence-corrected chi connectivity index (χ1v) is 15.6. The Bertz CT molecular complexity index is 835. The fraction of sp³-hybridized carbons (Fsp3) is 0.806. The molecule has 8 nitrogen and oxygen atoms in total. The van der Waals surface area contributed by atoms with Crippen LogP contribution in [0.2, 0.25) is 0 Å². The first-order valence-electron chi connectivity index (χ1n) is 15.6. The highest BCUT2D eigenvalue weighted by Crippen LogP contribution is 2.13. The number of aldehydes is 1. The number of ether oxygens (including phenoxy) is 1. The summed E-state index contributed by atoms with van der Waals surface area (Å²) in [5.41, 5.74) is -0.0562. The highest BCUT2D eigenvalue weighted by Gasteiger charge is 2.18. The van der Waals surface area contributed by atoms with Gasteiger partial charge in [-0.05, 0) is 58.2 Å². The van der Waals surface area contributed by atoms with Crippen molar-refractivity contribution in [3.63, 3.8) is 0 Å². The zero-order valence-electron chi connectivity index (χ0n) is 24.8. The molecule has 0 aliphatic rings. The summed E-state index contributed by atoms with van der Waals surface area (Å²) in [7, 11) is 1.66. The molecule has 0 aromatic heterocycles. The Hall–Kier alpha value is -2.22. The van der Waals surface area contributed by atoms with E-state index in [0.717, 1.165) is 90.1 Å². The second-order valence-corrected chi connectivity index (χ2v) is 10.7. The summed E-state index contributed by atoms with van der Waals surface area (Å²) in [6, 6.07) is 0. The van der Waals surface area contributed by atoms with Crippen LogP contribution in [0.5, 0.6) is 0 Å². The fourth-order valence-electron chi connectivity index (χ4n) is 4.84. The van der Waals surface area contributed by atoms with E-state index in [-0.39, 0.29) is 5.97 Å². The van der Waals surface area contributed by atoms with Crippen molar-refractivity contribution in [1.82, 2.24) is 4.90 Å². The predicted octanol–water partition coefficient (Wildman–Crippen LogP) is 5.82. The van der Waals surface area contributed by atoms with Crippen LogP contribution < -0.4 is 21.5 Å². The van der Waals surface area contributed by atoms with E-state index < -0.39 is 10.9 Å². The molecule has 0 unspecified atom stereocenters. The van der Waals surface area contributed by atoms with Gasteiger partial charge in [0.05, 0.1) is 6.61 Å². The van der Waals surface area contributed by atoms with E-state index in [0.29, 0.717) is 37.4 Å². The molecule has 0 radical (unpaired) electrons. The lowest BCUT2D eigenvalue weighted by atomic mass is 10.1. The van der Waals surface area contributed by atoms with Crippen molar-refractivity contribution >= 4 is 23.6 Å². The van der Waals surface area contributed by atoms with E-state index in [2.05, 4.69) is 22.5 Å². The molecule has 0 aliphatic carbocycles. The molecule has 224 valence electrons. The van der Waals surface area contributed by atoms with Crippen LogP contribution in [-0.2, 0) is 14.3 Å². The monoisotopic (exact) mass is 549 g/mol. The number of unbranched alkanes of at least 4 members (excludes halogenated alkanes) is 13. The molecule has 0 saturated heterocycles. The average molecular weight is 550 g/mol. The van der Waals surface area contributed by atoms with E-state index in [1.807, 2.05) is 0 Å². The minimum absolute atomic E-state index is 0.0490. The van der Waals surface area contributed by atoms with Crippen LogP contribution in [0.1, 0.15) is 122 Å². The van der Waals surface area contributed by atoms with Gasteiger partial charge in [0.2, 0.25) is 0 Å². The number of nitrogens with zero attached hydrogens (tertiary/aromatic N) is 1. The van der Waals surface area contributed by atoms with Crippen molar-refractivity contribution in [3.05, 3.63) is 20.4 Å². The minimum Gasteiger partial charge on any atom is -0.466 e. The third-order valence-electron chi connectivity index (χ3n) is 7.28. The second-order valence-electron chi connectivity index (χ2n) is 10.7. The number of hydrogen-bond acceptors (Lipinski definition) is 8. The molecule has 0 spiro atoms. The van der Waals surface area contributed by atoms with Gasteiger partial charge in [0.1, 0.15) is 17.7 Å². The Kier molecular flexibility index (Phi) is 21.1. The molecule has 0 amide bonds. The standard InChI is InChI=1S/C31H55N3O5/c1-3-4-5-9-14-20-27(36)39-26-18-13-8-11-16-23-34(22-15-10-6-7-12-17-25-35)24-19-21-33-29-28(32-2)30(37)31(29)38/h25,32-33H,3-24,26H2,1-2H3. The number of rotatable bonds is 28. The van der Waals surface area contributed by atoms with Crippen LogP contribution in [0.25, 0.3) is 0 Å². The predicted molar refractivity (Wildman–Crippen MR) is 162 cm³/mol. The molecule has 0 saturated carbocycles. The molecule has 0 heterocycles. The van der Waals surface area contributed by atoms with Gasteiger partial charge in [-0.2, -0.15) is 0 Å². The van der Waals surface area contributed by atoms with Gasteiger partial charge >= 0.3 is 5.97 Å².